The van der Waals surface area contributed by atoms with E-state index in [1.165, 1.54) is 11.1 Å². The van der Waals surface area contributed by atoms with Crippen LogP contribution in [0.15, 0.2) is 48.5 Å². The molecule has 30 heavy (non-hydrogen) atoms. The van der Waals surface area contributed by atoms with Crippen molar-refractivity contribution in [3.63, 3.8) is 0 Å². The normalized spacial score (nSPS) is 11.8. The van der Waals surface area contributed by atoms with Crippen LogP contribution in [0.2, 0.25) is 0 Å². The Labute approximate surface area is 181 Å². The number of amides is 2. The van der Waals surface area contributed by atoms with Crippen molar-refractivity contribution < 1.29 is 9.59 Å². The lowest BCUT2D eigenvalue weighted by atomic mass is 9.87. The van der Waals surface area contributed by atoms with Gasteiger partial charge in [-0.25, -0.2) is 0 Å². The summed E-state index contributed by atoms with van der Waals surface area (Å²) in [7, 11) is 0. The first-order chi connectivity index (χ1) is 14.1. The van der Waals surface area contributed by atoms with Crippen LogP contribution in [0, 0.1) is 10.8 Å². The van der Waals surface area contributed by atoms with E-state index in [9.17, 15) is 9.59 Å². The summed E-state index contributed by atoms with van der Waals surface area (Å²) in [6, 6.07) is 16.0. The molecule has 0 radical (unpaired) electrons. The van der Waals surface area contributed by atoms with Gasteiger partial charge in [-0.3, -0.25) is 9.59 Å². The standard InChI is InChI=1S/C26H36N2O2/c1-7-17-26(5,6)24(30)28-22-15-11-20(12-16-22)18-19-9-13-21(14-10-19)27-23(29)25(3,4)8-2/h9-16H,7-8,17-18H2,1-6H3,(H,27,29)(H,28,30). The van der Waals surface area contributed by atoms with Gasteiger partial charge in [0.1, 0.15) is 0 Å². The topological polar surface area (TPSA) is 58.2 Å². The van der Waals surface area contributed by atoms with Gasteiger partial charge in [0.25, 0.3) is 0 Å². The van der Waals surface area contributed by atoms with E-state index in [4.69, 9.17) is 0 Å². The summed E-state index contributed by atoms with van der Waals surface area (Å²) in [5.41, 5.74) is 3.24. The van der Waals surface area contributed by atoms with E-state index in [1.54, 1.807) is 0 Å². The molecule has 0 spiro atoms. The fraction of sp³-hybridized carbons (Fsp3) is 0.462. The molecule has 4 nitrogen and oxygen atoms in total. The Bertz CT molecular complexity index is 850. The fourth-order valence-corrected chi connectivity index (χ4v) is 3.15. The second kappa shape index (κ2) is 9.92. The highest BCUT2D eigenvalue weighted by Crippen LogP contribution is 2.25. The molecule has 2 N–H and O–H groups in total. The zero-order chi connectivity index (χ0) is 22.4. The van der Waals surface area contributed by atoms with Crippen LogP contribution in [0.25, 0.3) is 0 Å². The first-order valence-corrected chi connectivity index (χ1v) is 10.9. The molecule has 2 rings (SSSR count). The quantitative estimate of drug-likeness (QED) is 0.503. The summed E-state index contributed by atoms with van der Waals surface area (Å²) < 4.78 is 0. The Morgan fingerprint density at radius 1 is 0.700 bits per heavy atom. The molecular formula is C26H36N2O2. The molecule has 0 saturated heterocycles. The Balaban J connectivity index is 1.96. The maximum Gasteiger partial charge on any atom is 0.230 e. The number of carbonyl (C=O) groups is 2. The fourth-order valence-electron chi connectivity index (χ4n) is 3.15. The SMILES string of the molecule is CCCC(C)(C)C(=O)Nc1ccc(Cc2ccc(NC(=O)C(C)(C)CC)cc2)cc1. The first kappa shape index (κ1) is 23.7. The van der Waals surface area contributed by atoms with E-state index in [0.29, 0.717) is 0 Å². The minimum atomic E-state index is -0.373. The molecule has 0 saturated carbocycles. The van der Waals surface area contributed by atoms with E-state index in [1.807, 2.05) is 83.1 Å². The van der Waals surface area contributed by atoms with Gasteiger partial charge in [0.15, 0.2) is 0 Å². The van der Waals surface area contributed by atoms with Crippen LogP contribution in [-0.4, -0.2) is 11.8 Å². The van der Waals surface area contributed by atoms with Crippen LogP contribution in [0.3, 0.4) is 0 Å². The van der Waals surface area contributed by atoms with Gasteiger partial charge in [0, 0.05) is 22.2 Å². The highest BCUT2D eigenvalue weighted by Gasteiger charge is 2.26. The molecule has 2 aromatic carbocycles. The molecule has 2 aromatic rings. The van der Waals surface area contributed by atoms with Crippen LogP contribution >= 0.6 is 0 Å². The van der Waals surface area contributed by atoms with Gasteiger partial charge in [0.2, 0.25) is 11.8 Å². The van der Waals surface area contributed by atoms with Crippen LogP contribution in [0.4, 0.5) is 11.4 Å². The zero-order valence-electron chi connectivity index (χ0n) is 19.3. The molecule has 0 aliphatic heterocycles. The van der Waals surface area contributed by atoms with Crippen molar-refractivity contribution in [1.29, 1.82) is 0 Å². The monoisotopic (exact) mass is 408 g/mol. The molecule has 0 unspecified atom stereocenters. The van der Waals surface area contributed by atoms with Crippen molar-refractivity contribution in [2.24, 2.45) is 10.8 Å². The lowest BCUT2D eigenvalue weighted by Gasteiger charge is -2.22. The van der Waals surface area contributed by atoms with Gasteiger partial charge in [0.05, 0.1) is 0 Å². The average Bonchev–Trinajstić information content (AvgIpc) is 2.70. The van der Waals surface area contributed by atoms with Crippen molar-refractivity contribution >= 4 is 23.2 Å². The molecule has 0 heterocycles. The van der Waals surface area contributed by atoms with E-state index < -0.39 is 0 Å². The first-order valence-electron chi connectivity index (χ1n) is 10.9. The number of anilines is 2. The van der Waals surface area contributed by atoms with Crippen molar-refractivity contribution in [2.75, 3.05) is 10.6 Å². The van der Waals surface area contributed by atoms with E-state index in [-0.39, 0.29) is 22.6 Å². The van der Waals surface area contributed by atoms with Crippen molar-refractivity contribution in [3.8, 4) is 0 Å². The minimum absolute atomic E-state index is 0.0394. The van der Waals surface area contributed by atoms with Gasteiger partial charge in [-0.15, -0.1) is 0 Å². The molecular weight excluding hydrogens is 372 g/mol. The molecule has 0 aliphatic rings. The van der Waals surface area contributed by atoms with Gasteiger partial charge >= 0.3 is 0 Å². The van der Waals surface area contributed by atoms with Crippen molar-refractivity contribution in [3.05, 3.63) is 59.7 Å². The lowest BCUT2D eigenvalue weighted by Crippen LogP contribution is -2.30. The van der Waals surface area contributed by atoms with Crippen LogP contribution in [0.1, 0.15) is 71.9 Å². The minimum Gasteiger partial charge on any atom is -0.326 e. The van der Waals surface area contributed by atoms with Gasteiger partial charge in [-0.05, 0) is 54.7 Å². The summed E-state index contributed by atoms with van der Waals surface area (Å²) in [6.45, 7) is 12.0. The summed E-state index contributed by atoms with van der Waals surface area (Å²) in [6.07, 6.45) is 3.44. The highest BCUT2D eigenvalue weighted by atomic mass is 16.2. The maximum absolute atomic E-state index is 12.4. The molecule has 4 heteroatoms. The molecule has 0 fully saturated rings. The zero-order valence-corrected chi connectivity index (χ0v) is 19.3. The largest absolute Gasteiger partial charge is 0.326 e. The number of carbonyl (C=O) groups excluding carboxylic acids is 2. The second-order valence-electron chi connectivity index (χ2n) is 9.35. The lowest BCUT2D eigenvalue weighted by molar-refractivity contribution is -0.124. The highest BCUT2D eigenvalue weighted by molar-refractivity contribution is 5.95. The summed E-state index contributed by atoms with van der Waals surface area (Å²) >= 11 is 0. The van der Waals surface area contributed by atoms with Gasteiger partial charge in [-0.1, -0.05) is 72.2 Å². The van der Waals surface area contributed by atoms with Crippen molar-refractivity contribution in [2.45, 2.75) is 67.2 Å². The van der Waals surface area contributed by atoms with Gasteiger partial charge in [-0.2, -0.15) is 0 Å². The van der Waals surface area contributed by atoms with E-state index in [0.717, 1.165) is 37.1 Å². The molecule has 162 valence electrons. The van der Waals surface area contributed by atoms with Gasteiger partial charge < -0.3 is 10.6 Å². The third kappa shape index (κ3) is 6.45. The molecule has 0 bridgehead atoms. The molecule has 0 atom stereocenters. The third-order valence-corrected chi connectivity index (χ3v) is 5.82. The number of rotatable bonds is 9. The van der Waals surface area contributed by atoms with E-state index >= 15 is 0 Å². The maximum atomic E-state index is 12.4. The number of benzene rings is 2. The second-order valence-corrected chi connectivity index (χ2v) is 9.35. The van der Waals surface area contributed by atoms with E-state index in [2.05, 4.69) is 17.6 Å². The van der Waals surface area contributed by atoms with Crippen LogP contribution in [0.5, 0.6) is 0 Å². The Kier molecular flexibility index (Phi) is 7.83. The predicted molar refractivity (Wildman–Crippen MR) is 126 cm³/mol. The average molecular weight is 409 g/mol. The summed E-state index contributed by atoms with van der Waals surface area (Å²) in [4.78, 5) is 24.8. The van der Waals surface area contributed by atoms with Crippen molar-refractivity contribution in [1.82, 2.24) is 0 Å². The summed E-state index contributed by atoms with van der Waals surface area (Å²) in [5.74, 6) is 0.0958. The molecule has 2 amide bonds. The Morgan fingerprint density at radius 3 is 1.47 bits per heavy atom. The molecule has 0 aliphatic carbocycles. The number of hydrogen-bond donors (Lipinski definition) is 2. The Hall–Kier alpha value is -2.62. The Morgan fingerprint density at radius 2 is 1.10 bits per heavy atom. The van der Waals surface area contributed by atoms with Crippen LogP contribution < -0.4 is 10.6 Å². The number of nitrogens with one attached hydrogen (secondary N) is 2. The van der Waals surface area contributed by atoms with Crippen LogP contribution in [-0.2, 0) is 16.0 Å². The smallest absolute Gasteiger partial charge is 0.230 e. The molecule has 0 aromatic heterocycles. The third-order valence-electron chi connectivity index (χ3n) is 5.82. The number of hydrogen-bond acceptors (Lipinski definition) is 2. The predicted octanol–water partition coefficient (Wildman–Crippen LogP) is 6.42. The summed E-state index contributed by atoms with van der Waals surface area (Å²) in [5, 5.41) is 6.01.